The number of aliphatic carboxylic acids is 1. The van der Waals surface area contributed by atoms with Gasteiger partial charge in [-0.1, -0.05) is 30.3 Å². The number of carboxylic acids is 1. The van der Waals surface area contributed by atoms with Gasteiger partial charge < -0.3 is 10.4 Å². The van der Waals surface area contributed by atoms with Crippen LogP contribution in [-0.4, -0.2) is 11.1 Å². The Balaban J connectivity index is 2.19. The molecule has 0 aliphatic heterocycles. The number of carbonyl (C=O) groups is 1. The fourth-order valence-electron chi connectivity index (χ4n) is 2.08. The number of carboxylic acid groups (broad SMARTS) is 1. The molecule has 2 N–H and O–H groups in total. The maximum absolute atomic E-state index is 11.0. The lowest BCUT2D eigenvalue weighted by molar-refractivity contribution is -0.140. The molecule has 0 fully saturated rings. The molecule has 2 unspecified atom stereocenters. The Hall–Kier alpha value is -3.31. The van der Waals surface area contributed by atoms with Crippen LogP contribution in [0.15, 0.2) is 54.6 Å². The highest BCUT2D eigenvalue weighted by Crippen LogP contribution is 2.26. The number of nitrogens with zero attached hydrogens (tertiary/aromatic N) is 2. The first kappa shape index (κ1) is 15.1. The molecule has 0 heterocycles. The van der Waals surface area contributed by atoms with Crippen LogP contribution in [0.5, 0.6) is 0 Å². The van der Waals surface area contributed by atoms with Crippen LogP contribution in [0.3, 0.4) is 0 Å². The molecule has 0 spiro atoms. The number of para-hydroxylation sites is 1. The van der Waals surface area contributed by atoms with Crippen LogP contribution in [0.2, 0.25) is 0 Å². The van der Waals surface area contributed by atoms with Crippen molar-refractivity contribution in [1.82, 2.24) is 0 Å². The maximum atomic E-state index is 11.0. The highest BCUT2D eigenvalue weighted by atomic mass is 16.4. The smallest absolute Gasteiger partial charge is 0.322 e. The topological polar surface area (TPSA) is 96.9 Å². The quantitative estimate of drug-likeness (QED) is 0.881. The molecule has 22 heavy (non-hydrogen) atoms. The minimum Gasteiger partial charge on any atom is -0.480 e. The molecular weight excluding hydrogens is 278 g/mol. The van der Waals surface area contributed by atoms with Gasteiger partial charge in [0, 0.05) is 11.4 Å². The second kappa shape index (κ2) is 6.92. The number of anilines is 2. The van der Waals surface area contributed by atoms with Gasteiger partial charge in [-0.25, -0.2) is 0 Å². The van der Waals surface area contributed by atoms with Crippen molar-refractivity contribution in [2.75, 3.05) is 5.32 Å². The van der Waals surface area contributed by atoms with Gasteiger partial charge >= 0.3 is 5.97 Å². The molecule has 0 saturated heterocycles. The Morgan fingerprint density at radius 1 is 0.955 bits per heavy atom. The molecule has 2 aromatic rings. The average Bonchev–Trinajstić information content (AvgIpc) is 2.54. The van der Waals surface area contributed by atoms with Gasteiger partial charge in [0.2, 0.25) is 0 Å². The van der Waals surface area contributed by atoms with E-state index in [2.05, 4.69) is 5.32 Å². The summed E-state index contributed by atoms with van der Waals surface area (Å²) < 4.78 is 0. The van der Waals surface area contributed by atoms with Crippen molar-refractivity contribution in [3.05, 3.63) is 60.2 Å². The lowest BCUT2D eigenvalue weighted by Crippen LogP contribution is -2.19. The Morgan fingerprint density at radius 2 is 1.55 bits per heavy atom. The summed E-state index contributed by atoms with van der Waals surface area (Å²) in [6.07, 6.45) is 0. The van der Waals surface area contributed by atoms with Crippen LogP contribution in [0.1, 0.15) is 11.5 Å². The van der Waals surface area contributed by atoms with E-state index in [9.17, 15) is 4.79 Å². The highest BCUT2D eigenvalue weighted by molar-refractivity contribution is 5.75. The van der Waals surface area contributed by atoms with Crippen LogP contribution in [0.25, 0.3) is 0 Å². The van der Waals surface area contributed by atoms with Crippen molar-refractivity contribution in [2.45, 2.75) is 5.92 Å². The lowest BCUT2D eigenvalue weighted by atomic mass is 9.88. The van der Waals surface area contributed by atoms with E-state index in [0.29, 0.717) is 5.56 Å². The number of hydrogen-bond acceptors (Lipinski definition) is 4. The zero-order valence-electron chi connectivity index (χ0n) is 11.6. The molecule has 2 aromatic carbocycles. The summed E-state index contributed by atoms with van der Waals surface area (Å²) >= 11 is 0. The molecular formula is C17H13N3O2. The summed E-state index contributed by atoms with van der Waals surface area (Å²) in [6.45, 7) is 0. The number of benzene rings is 2. The van der Waals surface area contributed by atoms with Crippen molar-refractivity contribution >= 4 is 17.3 Å². The molecule has 2 atom stereocenters. The van der Waals surface area contributed by atoms with Gasteiger partial charge in [-0.05, 0) is 29.8 Å². The molecule has 108 valence electrons. The van der Waals surface area contributed by atoms with Gasteiger partial charge in [-0.2, -0.15) is 10.5 Å². The maximum Gasteiger partial charge on any atom is 0.322 e. The van der Waals surface area contributed by atoms with E-state index in [1.807, 2.05) is 36.4 Å². The Morgan fingerprint density at radius 3 is 2.05 bits per heavy atom. The van der Waals surface area contributed by atoms with Crippen LogP contribution in [-0.2, 0) is 4.79 Å². The SMILES string of the molecule is N#CC(C(=O)O)C(C#N)c1ccc(Nc2ccccc2)cc1. The van der Waals surface area contributed by atoms with Gasteiger partial charge in [0.1, 0.15) is 0 Å². The molecule has 5 nitrogen and oxygen atoms in total. The van der Waals surface area contributed by atoms with Crippen LogP contribution in [0, 0.1) is 28.6 Å². The Bertz CT molecular complexity index is 727. The Labute approximate surface area is 128 Å². The van der Waals surface area contributed by atoms with Gasteiger partial charge in [0.15, 0.2) is 5.92 Å². The molecule has 0 radical (unpaired) electrons. The summed E-state index contributed by atoms with van der Waals surface area (Å²) in [6, 6.07) is 20.0. The third-order valence-corrected chi connectivity index (χ3v) is 3.21. The first-order valence-electron chi connectivity index (χ1n) is 6.60. The van der Waals surface area contributed by atoms with Crippen LogP contribution >= 0.6 is 0 Å². The third kappa shape index (κ3) is 3.41. The molecule has 2 rings (SSSR count). The third-order valence-electron chi connectivity index (χ3n) is 3.21. The zero-order valence-corrected chi connectivity index (χ0v) is 11.6. The molecule has 0 saturated carbocycles. The van der Waals surface area contributed by atoms with Gasteiger partial charge in [-0.3, -0.25) is 4.79 Å². The fourth-order valence-corrected chi connectivity index (χ4v) is 2.08. The summed E-state index contributed by atoms with van der Waals surface area (Å²) in [5.41, 5.74) is 2.25. The standard InChI is InChI=1S/C17H13N3O2/c18-10-15(16(11-19)17(21)22)12-6-8-14(9-7-12)20-13-4-2-1-3-5-13/h1-9,15-16,20H,(H,21,22). The minimum atomic E-state index is -1.38. The monoisotopic (exact) mass is 291 g/mol. The minimum absolute atomic E-state index is 0.509. The van der Waals surface area contributed by atoms with Gasteiger partial charge in [0.25, 0.3) is 0 Å². The second-order valence-electron chi connectivity index (χ2n) is 4.66. The highest BCUT2D eigenvalue weighted by Gasteiger charge is 2.29. The van der Waals surface area contributed by atoms with E-state index in [1.54, 1.807) is 30.3 Å². The van der Waals surface area contributed by atoms with E-state index in [0.717, 1.165) is 11.4 Å². The van der Waals surface area contributed by atoms with Crippen LogP contribution in [0.4, 0.5) is 11.4 Å². The second-order valence-corrected chi connectivity index (χ2v) is 4.66. The normalized spacial score (nSPS) is 12.5. The van der Waals surface area contributed by atoms with Crippen molar-refractivity contribution < 1.29 is 9.90 Å². The summed E-state index contributed by atoms with van der Waals surface area (Å²) in [5.74, 6) is -3.66. The number of hydrogen-bond donors (Lipinski definition) is 2. The van der Waals surface area contributed by atoms with Gasteiger partial charge in [0.05, 0.1) is 18.1 Å². The predicted molar refractivity (Wildman–Crippen MR) is 81.3 cm³/mol. The molecule has 0 amide bonds. The number of nitrogens with one attached hydrogen (secondary N) is 1. The first-order valence-corrected chi connectivity index (χ1v) is 6.60. The molecule has 0 aromatic heterocycles. The van der Waals surface area contributed by atoms with E-state index in [1.165, 1.54) is 0 Å². The van der Waals surface area contributed by atoms with Crippen molar-refractivity contribution in [3.63, 3.8) is 0 Å². The van der Waals surface area contributed by atoms with E-state index in [4.69, 9.17) is 15.6 Å². The predicted octanol–water partition coefficient (Wildman–Crippen LogP) is 3.26. The van der Waals surface area contributed by atoms with E-state index in [-0.39, 0.29) is 0 Å². The Kier molecular flexibility index (Phi) is 4.74. The van der Waals surface area contributed by atoms with Gasteiger partial charge in [-0.15, -0.1) is 0 Å². The van der Waals surface area contributed by atoms with Crippen molar-refractivity contribution in [1.29, 1.82) is 10.5 Å². The summed E-state index contributed by atoms with van der Waals surface area (Å²) in [4.78, 5) is 11.0. The number of nitriles is 2. The first-order chi connectivity index (χ1) is 10.7. The number of rotatable bonds is 5. The zero-order chi connectivity index (χ0) is 15.9. The van der Waals surface area contributed by atoms with Crippen LogP contribution < -0.4 is 5.32 Å². The molecule has 0 aliphatic carbocycles. The average molecular weight is 291 g/mol. The molecule has 5 heteroatoms. The van der Waals surface area contributed by atoms with Crippen molar-refractivity contribution in [2.24, 2.45) is 5.92 Å². The lowest BCUT2D eigenvalue weighted by Gasteiger charge is -2.13. The van der Waals surface area contributed by atoms with Crippen molar-refractivity contribution in [3.8, 4) is 12.1 Å². The van der Waals surface area contributed by atoms with E-state index >= 15 is 0 Å². The van der Waals surface area contributed by atoms with E-state index < -0.39 is 17.8 Å². The molecule has 0 aliphatic rings. The summed E-state index contributed by atoms with van der Waals surface area (Å²) in [5, 5.41) is 30.3. The molecule has 0 bridgehead atoms. The summed E-state index contributed by atoms with van der Waals surface area (Å²) in [7, 11) is 0. The fraction of sp³-hybridized carbons (Fsp3) is 0.118. The largest absolute Gasteiger partial charge is 0.480 e.